The number of nitrogens with zero attached hydrogens (tertiary/aromatic N) is 6. The zero-order valence-electron chi connectivity index (χ0n) is 28.2. The summed E-state index contributed by atoms with van der Waals surface area (Å²) in [6.45, 7) is 9.60. The molecule has 0 fully saturated rings. The Morgan fingerprint density at radius 3 is 1.18 bits per heavy atom. The zero-order chi connectivity index (χ0) is 33.5. The highest BCUT2D eigenvalue weighted by molar-refractivity contribution is 6.02. The van der Waals surface area contributed by atoms with E-state index in [9.17, 15) is 0 Å². The van der Waals surface area contributed by atoms with Gasteiger partial charge in [0.1, 0.15) is 5.41 Å². The first-order chi connectivity index (χ1) is 24.1. The molecule has 0 amide bonds. The standard InChI is InChI=1S/C43H38N6/c1-4-26-47-34-10-7-12-36-40(34)43(25-24-30-16-20-32(21-17-30)45-46-33-22-18-31(29-44)19-23-33)41-35(47)11-8-13-37(41)49(28-6-3)39-15-9-14-38(42(39)43)48(36)27-5-2/h7-23H,4-6,26-28H2,1-3H3. The minimum atomic E-state index is -0.642. The van der Waals surface area contributed by atoms with Gasteiger partial charge in [-0.05, 0) is 104 Å². The van der Waals surface area contributed by atoms with Crippen molar-refractivity contribution in [1.82, 2.24) is 0 Å². The first-order valence-electron chi connectivity index (χ1n) is 17.4. The first kappa shape index (κ1) is 30.5. The van der Waals surface area contributed by atoms with Crippen molar-refractivity contribution in [2.24, 2.45) is 10.2 Å². The first-order valence-corrected chi connectivity index (χ1v) is 17.4. The number of nitriles is 1. The van der Waals surface area contributed by atoms with Gasteiger partial charge in [0.15, 0.2) is 0 Å². The summed E-state index contributed by atoms with van der Waals surface area (Å²) in [6, 6.07) is 37.7. The molecule has 5 aromatic carbocycles. The Labute approximate surface area is 289 Å². The quantitative estimate of drug-likeness (QED) is 0.125. The fraction of sp³-hybridized carbons (Fsp3) is 0.233. The lowest BCUT2D eigenvalue weighted by Crippen LogP contribution is -2.47. The van der Waals surface area contributed by atoms with Gasteiger partial charge in [-0.25, -0.2) is 0 Å². The number of hydrogen-bond donors (Lipinski definition) is 0. The van der Waals surface area contributed by atoms with Crippen LogP contribution in [-0.4, -0.2) is 19.6 Å². The lowest BCUT2D eigenvalue weighted by Gasteiger charge is -2.54. The van der Waals surface area contributed by atoms with Crippen LogP contribution >= 0.6 is 0 Å². The molecule has 6 heteroatoms. The van der Waals surface area contributed by atoms with E-state index in [0.29, 0.717) is 11.3 Å². The molecule has 0 spiro atoms. The van der Waals surface area contributed by atoms with Gasteiger partial charge < -0.3 is 14.7 Å². The third-order valence-corrected chi connectivity index (χ3v) is 9.81. The van der Waals surface area contributed by atoms with Crippen molar-refractivity contribution < 1.29 is 0 Å². The van der Waals surface area contributed by atoms with Crippen LogP contribution in [0.25, 0.3) is 0 Å². The molecule has 0 atom stereocenters. The maximum absolute atomic E-state index is 9.08. The molecule has 8 rings (SSSR count). The van der Waals surface area contributed by atoms with Gasteiger partial charge in [-0.15, -0.1) is 0 Å². The summed E-state index contributed by atoms with van der Waals surface area (Å²) in [6.07, 6.45) is 3.13. The molecule has 5 aromatic rings. The zero-order valence-corrected chi connectivity index (χ0v) is 28.2. The van der Waals surface area contributed by atoms with E-state index in [1.165, 1.54) is 50.8 Å². The molecule has 6 nitrogen and oxygen atoms in total. The van der Waals surface area contributed by atoms with Gasteiger partial charge in [0.25, 0.3) is 0 Å². The topological polar surface area (TPSA) is 58.2 Å². The van der Waals surface area contributed by atoms with Crippen molar-refractivity contribution in [2.75, 3.05) is 34.3 Å². The minimum Gasteiger partial charge on any atom is -0.341 e. The highest BCUT2D eigenvalue weighted by Gasteiger charge is 2.55. The van der Waals surface area contributed by atoms with Crippen LogP contribution in [0.4, 0.5) is 45.5 Å². The molecule has 0 saturated heterocycles. The van der Waals surface area contributed by atoms with Crippen molar-refractivity contribution in [1.29, 1.82) is 5.26 Å². The van der Waals surface area contributed by atoms with E-state index < -0.39 is 5.41 Å². The third kappa shape index (κ3) is 4.71. The van der Waals surface area contributed by atoms with E-state index in [-0.39, 0.29) is 0 Å². The number of benzene rings is 5. The van der Waals surface area contributed by atoms with Gasteiger partial charge in [0.05, 0.1) is 23.0 Å². The van der Waals surface area contributed by atoms with Crippen LogP contribution in [0.3, 0.4) is 0 Å². The van der Waals surface area contributed by atoms with E-state index in [1.54, 1.807) is 24.3 Å². The Bertz CT molecular complexity index is 1980. The summed E-state index contributed by atoms with van der Waals surface area (Å²) in [5, 5.41) is 17.9. The molecule has 240 valence electrons. The molecule has 3 heterocycles. The Morgan fingerprint density at radius 1 is 0.510 bits per heavy atom. The van der Waals surface area contributed by atoms with E-state index in [0.717, 1.165) is 50.1 Å². The molecule has 3 aliphatic rings. The molecule has 0 bridgehead atoms. The predicted molar refractivity (Wildman–Crippen MR) is 200 cm³/mol. The lowest BCUT2D eigenvalue weighted by atomic mass is 9.61. The molecular formula is C43H38N6. The predicted octanol–water partition coefficient (Wildman–Crippen LogP) is 10.9. The van der Waals surface area contributed by atoms with Crippen LogP contribution in [0.15, 0.2) is 113 Å². The van der Waals surface area contributed by atoms with E-state index in [4.69, 9.17) is 5.26 Å². The van der Waals surface area contributed by atoms with E-state index in [2.05, 4.69) is 118 Å². The van der Waals surface area contributed by atoms with Gasteiger partial charge in [0.2, 0.25) is 0 Å². The largest absolute Gasteiger partial charge is 0.341 e. The molecule has 0 radical (unpaired) electrons. The van der Waals surface area contributed by atoms with Gasteiger partial charge in [-0.1, -0.05) is 50.8 Å². The number of azo groups is 1. The Balaban J connectivity index is 1.33. The van der Waals surface area contributed by atoms with Crippen molar-refractivity contribution >= 4 is 45.5 Å². The Hall–Kier alpha value is -5.85. The number of rotatable bonds is 8. The second-order valence-corrected chi connectivity index (χ2v) is 12.9. The highest BCUT2D eigenvalue weighted by Crippen LogP contribution is 2.66. The van der Waals surface area contributed by atoms with Crippen LogP contribution in [-0.2, 0) is 5.41 Å². The van der Waals surface area contributed by atoms with E-state index in [1.807, 2.05) is 24.3 Å². The van der Waals surface area contributed by atoms with Crippen molar-refractivity contribution in [3.63, 3.8) is 0 Å². The maximum atomic E-state index is 9.08. The van der Waals surface area contributed by atoms with Gasteiger partial charge in [-0.2, -0.15) is 15.5 Å². The van der Waals surface area contributed by atoms with Gasteiger partial charge in [-0.3, -0.25) is 0 Å². The monoisotopic (exact) mass is 638 g/mol. The van der Waals surface area contributed by atoms with Gasteiger partial charge >= 0.3 is 0 Å². The molecular weight excluding hydrogens is 601 g/mol. The number of hydrogen-bond acceptors (Lipinski definition) is 6. The summed E-state index contributed by atoms with van der Waals surface area (Å²) in [7, 11) is 0. The van der Waals surface area contributed by atoms with Crippen molar-refractivity contribution in [3.05, 3.63) is 131 Å². The summed E-state index contributed by atoms with van der Waals surface area (Å²) in [5.74, 6) is 7.70. The number of anilines is 6. The van der Waals surface area contributed by atoms with Crippen LogP contribution < -0.4 is 14.7 Å². The smallest absolute Gasteiger partial charge is 0.119 e. The Kier molecular flexibility index (Phi) is 7.66. The fourth-order valence-corrected chi connectivity index (χ4v) is 7.93. The molecule has 0 saturated carbocycles. The van der Waals surface area contributed by atoms with Crippen LogP contribution in [0.5, 0.6) is 0 Å². The van der Waals surface area contributed by atoms with E-state index >= 15 is 0 Å². The van der Waals surface area contributed by atoms with Gasteiger partial charge in [0, 0.05) is 76.0 Å². The third-order valence-electron chi connectivity index (χ3n) is 9.81. The van der Waals surface area contributed by atoms with Crippen LogP contribution in [0, 0.1) is 23.2 Å². The van der Waals surface area contributed by atoms with Crippen molar-refractivity contribution in [2.45, 2.75) is 45.4 Å². The molecule has 3 aliphatic heterocycles. The summed E-state index contributed by atoms with van der Waals surface area (Å²) >= 11 is 0. The summed E-state index contributed by atoms with van der Waals surface area (Å²) < 4.78 is 0. The minimum absolute atomic E-state index is 0.602. The summed E-state index contributed by atoms with van der Waals surface area (Å²) in [4.78, 5) is 7.62. The molecule has 0 unspecified atom stereocenters. The Morgan fingerprint density at radius 2 is 0.857 bits per heavy atom. The SMILES string of the molecule is CCCN1c2cccc3c2C2(C#Cc4ccc(N=Nc5ccc(C#N)cc5)cc4)c4c1cccc4N(CCC)c1cccc(c12)N3CCC. The normalized spacial score (nSPS) is 14.3. The second-order valence-electron chi connectivity index (χ2n) is 12.9. The van der Waals surface area contributed by atoms with Crippen LogP contribution in [0.2, 0.25) is 0 Å². The molecule has 0 aliphatic carbocycles. The second kappa shape index (κ2) is 12.3. The average Bonchev–Trinajstić information content (AvgIpc) is 3.15. The molecule has 49 heavy (non-hydrogen) atoms. The highest BCUT2D eigenvalue weighted by atomic mass is 15.2. The molecule has 0 aromatic heterocycles. The average molecular weight is 639 g/mol. The molecule has 0 N–H and O–H groups in total. The van der Waals surface area contributed by atoms with Crippen molar-refractivity contribution in [3.8, 4) is 17.9 Å². The lowest BCUT2D eigenvalue weighted by molar-refractivity contribution is 0.703. The maximum Gasteiger partial charge on any atom is 0.119 e. The van der Waals surface area contributed by atoms with Crippen LogP contribution in [0.1, 0.15) is 67.9 Å². The summed E-state index contributed by atoms with van der Waals surface area (Å²) in [5.41, 5.74) is 13.8. The fourth-order valence-electron chi connectivity index (χ4n) is 7.93.